The third-order valence-electron chi connectivity index (χ3n) is 0. The normalized spacial score (nSPS) is 0. The SMILES string of the molecule is [Au].[Ni].[PbH2].[Pd]. The van der Waals surface area contributed by atoms with Crippen LogP contribution in [0.4, 0.5) is 0 Å². The van der Waals surface area contributed by atoms with Crippen LogP contribution in [0.5, 0.6) is 0 Å². The molecule has 0 rings (SSSR count). The predicted octanol–water partition coefficient (Wildman–Crippen LogP) is -0.924. The average molecular weight is 571 g/mol. The van der Waals surface area contributed by atoms with Gasteiger partial charge >= 0.3 is 27.3 Å². The largest absolute Gasteiger partial charge is 0 e. The molecule has 0 saturated carbocycles. The molecule has 0 aliphatic rings. The first-order valence-electron chi connectivity index (χ1n) is 0. The topological polar surface area (TPSA) is 0 Å². The Morgan fingerprint density at radius 3 is 1.00 bits per heavy atom. The van der Waals surface area contributed by atoms with Crippen LogP contribution in [0.1, 0.15) is 0 Å². The summed E-state index contributed by atoms with van der Waals surface area (Å²) in [6, 6.07) is 0. The molecule has 0 unspecified atom stereocenters. The molecule has 0 heterocycles. The number of hydrogen-bond donors (Lipinski definition) is 0. The molecule has 0 atom stereocenters. The molecule has 3 radical (unpaired) electrons. The molecule has 0 spiro atoms. The summed E-state index contributed by atoms with van der Waals surface area (Å²) in [6.07, 6.45) is 0. The van der Waals surface area contributed by atoms with Crippen molar-refractivity contribution in [2.75, 3.05) is 0 Å². The Balaban J connectivity index is 0. The van der Waals surface area contributed by atoms with Crippen molar-refractivity contribution in [1.29, 1.82) is 0 Å². The molecule has 0 N–H and O–H groups in total. The van der Waals surface area contributed by atoms with Gasteiger partial charge in [-0.15, -0.1) is 0 Å². The fourth-order valence-electron chi connectivity index (χ4n) is 0. The van der Waals surface area contributed by atoms with E-state index in [-0.39, 0.29) is 86.6 Å². The summed E-state index contributed by atoms with van der Waals surface area (Å²) < 4.78 is 0. The summed E-state index contributed by atoms with van der Waals surface area (Å²) in [7, 11) is 0. The Labute approximate surface area is 85.1 Å². The van der Waals surface area contributed by atoms with E-state index in [1.807, 2.05) is 0 Å². The van der Waals surface area contributed by atoms with Gasteiger partial charge in [-0.3, -0.25) is 0 Å². The third-order valence-corrected chi connectivity index (χ3v) is 0. The molecular weight excluding hydrogens is 569 g/mol. The van der Waals surface area contributed by atoms with E-state index in [0.29, 0.717) is 0 Å². The first kappa shape index (κ1) is 29.1. The zero-order valence-corrected chi connectivity index (χ0v) is 11.8. The Bertz CT molecular complexity index is 8.00. The molecule has 0 fully saturated rings. The monoisotopic (exact) mass is 571 g/mol. The molecule has 4 heavy (non-hydrogen) atoms. The van der Waals surface area contributed by atoms with Crippen molar-refractivity contribution in [2.45, 2.75) is 0 Å². The molecule has 4 heteroatoms. The maximum absolute atomic E-state index is 0. The van der Waals surface area contributed by atoms with E-state index in [9.17, 15) is 0 Å². The molecule has 37 valence electrons. The van der Waals surface area contributed by atoms with Gasteiger partial charge in [0.2, 0.25) is 0 Å². The van der Waals surface area contributed by atoms with Crippen LogP contribution in [0, 0.1) is 0 Å². The van der Waals surface area contributed by atoms with Gasteiger partial charge in [0, 0.05) is 59.3 Å². The van der Waals surface area contributed by atoms with Crippen molar-refractivity contribution in [3.8, 4) is 0 Å². The first-order valence-corrected chi connectivity index (χ1v) is 0. The maximum atomic E-state index is 0. The van der Waals surface area contributed by atoms with E-state index in [2.05, 4.69) is 0 Å². The summed E-state index contributed by atoms with van der Waals surface area (Å²) in [5.41, 5.74) is 0. The van der Waals surface area contributed by atoms with E-state index in [4.69, 9.17) is 0 Å². The van der Waals surface area contributed by atoms with Crippen molar-refractivity contribution in [3.63, 3.8) is 0 Å². The van der Waals surface area contributed by atoms with Gasteiger partial charge in [0.05, 0.1) is 0 Å². The van der Waals surface area contributed by atoms with E-state index in [1.165, 1.54) is 0 Å². The van der Waals surface area contributed by atoms with Crippen LogP contribution in [0.3, 0.4) is 0 Å². The van der Waals surface area contributed by atoms with E-state index in [1.54, 1.807) is 0 Å². The molecule has 0 nitrogen and oxygen atoms in total. The van der Waals surface area contributed by atoms with Crippen molar-refractivity contribution < 1.29 is 59.3 Å². The Morgan fingerprint density at radius 2 is 1.00 bits per heavy atom. The molecule has 0 amide bonds. The summed E-state index contributed by atoms with van der Waals surface area (Å²) in [4.78, 5) is 0. The smallest absolute Gasteiger partial charge is 0 e. The Hall–Kier alpha value is 2.82. The molecule has 0 aliphatic carbocycles. The van der Waals surface area contributed by atoms with Crippen LogP contribution in [0.25, 0.3) is 0 Å². The molecule has 0 aromatic heterocycles. The van der Waals surface area contributed by atoms with Gasteiger partial charge < -0.3 is 0 Å². The number of rotatable bonds is 0. The molecule has 0 aromatic carbocycles. The van der Waals surface area contributed by atoms with Gasteiger partial charge in [0.1, 0.15) is 0 Å². The van der Waals surface area contributed by atoms with Crippen LogP contribution >= 0.6 is 0 Å². The Morgan fingerprint density at radius 1 is 1.00 bits per heavy atom. The van der Waals surface area contributed by atoms with Gasteiger partial charge in [-0.2, -0.15) is 0 Å². The first-order chi connectivity index (χ1) is 0. The van der Waals surface area contributed by atoms with Crippen molar-refractivity contribution in [2.24, 2.45) is 0 Å². The van der Waals surface area contributed by atoms with Gasteiger partial charge in [-0.1, -0.05) is 0 Å². The third kappa shape index (κ3) is 8.84. The van der Waals surface area contributed by atoms with Crippen molar-refractivity contribution in [3.05, 3.63) is 0 Å². The second-order valence-corrected chi connectivity index (χ2v) is 0. The van der Waals surface area contributed by atoms with Crippen LogP contribution in [-0.4, -0.2) is 27.3 Å². The number of hydrogen-bond acceptors (Lipinski definition) is 0. The second kappa shape index (κ2) is 17.0. The second-order valence-electron chi connectivity index (χ2n) is 0. The van der Waals surface area contributed by atoms with Crippen molar-refractivity contribution in [1.82, 2.24) is 0 Å². The molecule has 0 saturated heterocycles. The van der Waals surface area contributed by atoms with Gasteiger partial charge in [0.15, 0.2) is 0 Å². The molecular formula is H2AuNiPbPd. The van der Waals surface area contributed by atoms with E-state index < -0.39 is 0 Å². The summed E-state index contributed by atoms with van der Waals surface area (Å²) in [6.45, 7) is 0. The average Bonchev–Trinajstić information content (AvgIpc) is 0. The van der Waals surface area contributed by atoms with Crippen LogP contribution in [-0.2, 0) is 59.3 Å². The Kier molecular flexibility index (Phi) is 124. The summed E-state index contributed by atoms with van der Waals surface area (Å²) >= 11 is 0. The maximum Gasteiger partial charge on any atom is 0 e. The molecule has 0 aliphatic heterocycles. The van der Waals surface area contributed by atoms with Crippen LogP contribution in [0.2, 0.25) is 0 Å². The van der Waals surface area contributed by atoms with Crippen molar-refractivity contribution >= 4 is 27.3 Å². The summed E-state index contributed by atoms with van der Waals surface area (Å²) in [5, 5.41) is 0. The van der Waals surface area contributed by atoms with E-state index >= 15 is 0 Å². The van der Waals surface area contributed by atoms with Gasteiger partial charge in [0.25, 0.3) is 0 Å². The van der Waals surface area contributed by atoms with E-state index in [0.717, 1.165) is 0 Å². The fraction of sp³-hybridized carbons (Fsp3) is 0. The van der Waals surface area contributed by atoms with Crippen LogP contribution in [0.15, 0.2) is 0 Å². The zero-order chi connectivity index (χ0) is 0. The van der Waals surface area contributed by atoms with Gasteiger partial charge in [-0.25, -0.2) is 0 Å². The minimum absolute atomic E-state index is 0. The zero-order valence-electron chi connectivity index (χ0n) is 1.64. The predicted molar refractivity (Wildman–Crippen MR) is 8.54 cm³/mol. The quantitative estimate of drug-likeness (QED) is 0.331. The molecule has 0 aromatic rings. The van der Waals surface area contributed by atoms with Crippen LogP contribution < -0.4 is 0 Å². The minimum Gasteiger partial charge on any atom is 0 e. The van der Waals surface area contributed by atoms with Gasteiger partial charge in [-0.05, 0) is 0 Å². The summed E-state index contributed by atoms with van der Waals surface area (Å²) in [5.74, 6) is 0. The fourth-order valence-corrected chi connectivity index (χ4v) is 0. The standard InChI is InChI=1S/Au.Ni.Pb.Pd.2H. The molecule has 0 bridgehead atoms. The minimum atomic E-state index is 0.